The summed E-state index contributed by atoms with van der Waals surface area (Å²) in [4.78, 5) is 11.0. The average molecular weight is 273 g/mol. The summed E-state index contributed by atoms with van der Waals surface area (Å²) in [6.45, 7) is 2.00. The van der Waals surface area contributed by atoms with Gasteiger partial charge in [-0.05, 0) is 29.6 Å². The van der Waals surface area contributed by atoms with Crippen molar-refractivity contribution >= 4 is 39.4 Å². The molecule has 2 aromatic heterocycles. The summed E-state index contributed by atoms with van der Waals surface area (Å²) >= 11 is 3.90. The topological polar surface area (TPSA) is 68.9 Å². The molecule has 8 heteroatoms. The molecule has 0 atom stereocenters. The van der Waals surface area contributed by atoms with Crippen LogP contribution in [-0.4, -0.2) is 15.1 Å². The molecule has 0 aromatic carbocycles. The monoisotopic (exact) mass is 273 g/mol. The van der Waals surface area contributed by atoms with Crippen molar-refractivity contribution < 1.29 is 4.92 Å². The predicted molar refractivity (Wildman–Crippen MR) is 64.4 cm³/mol. The Labute approximate surface area is 104 Å². The Bertz CT molecular complexity index is 508. The number of hydrogen-bond acceptors (Lipinski definition) is 7. The van der Waals surface area contributed by atoms with Crippen molar-refractivity contribution in [2.24, 2.45) is 0 Å². The van der Waals surface area contributed by atoms with Gasteiger partial charge in [-0.25, -0.2) is 0 Å². The number of aryl methyl sites for hydroxylation is 1. The van der Waals surface area contributed by atoms with Gasteiger partial charge in [0, 0.05) is 0 Å². The van der Waals surface area contributed by atoms with E-state index in [0.29, 0.717) is 4.90 Å². The van der Waals surface area contributed by atoms with Gasteiger partial charge in [0.15, 0.2) is 4.34 Å². The second kappa shape index (κ2) is 4.89. The van der Waals surface area contributed by atoms with E-state index in [1.807, 2.05) is 6.92 Å². The third-order valence-electron chi connectivity index (χ3n) is 1.72. The molecule has 0 amide bonds. The first kappa shape index (κ1) is 11.5. The molecular formula is C8H7N3O2S3. The molecule has 0 aliphatic carbocycles. The minimum absolute atomic E-state index is 0.165. The molecule has 5 nitrogen and oxygen atoms in total. The van der Waals surface area contributed by atoms with Crippen molar-refractivity contribution in [2.75, 3.05) is 0 Å². The lowest BCUT2D eigenvalue weighted by Gasteiger charge is -1.91. The van der Waals surface area contributed by atoms with Crippen LogP contribution in [0.4, 0.5) is 5.00 Å². The SMILES string of the molecule is CCc1nnc(Sc2ccsc2[N+](=O)[O-])s1. The summed E-state index contributed by atoms with van der Waals surface area (Å²) in [6.07, 6.45) is 0.837. The van der Waals surface area contributed by atoms with E-state index in [9.17, 15) is 10.1 Å². The number of rotatable bonds is 4. The van der Waals surface area contributed by atoms with Crippen LogP contribution in [-0.2, 0) is 6.42 Å². The van der Waals surface area contributed by atoms with Gasteiger partial charge in [0.2, 0.25) is 0 Å². The molecule has 0 aliphatic rings. The lowest BCUT2D eigenvalue weighted by molar-refractivity contribution is -0.382. The first-order valence-corrected chi connectivity index (χ1v) is 6.94. The van der Waals surface area contributed by atoms with E-state index in [4.69, 9.17) is 0 Å². The molecule has 0 N–H and O–H groups in total. The van der Waals surface area contributed by atoms with Gasteiger partial charge < -0.3 is 0 Å². The Balaban J connectivity index is 2.20. The largest absolute Gasteiger partial charge is 0.338 e. The number of hydrogen-bond donors (Lipinski definition) is 0. The number of aromatic nitrogens is 2. The summed E-state index contributed by atoms with van der Waals surface area (Å²) in [5, 5.41) is 21.5. The fourth-order valence-corrected chi connectivity index (χ4v) is 3.78. The molecule has 0 radical (unpaired) electrons. The molecule has 0 fully saturated rings. The van der Waals surface area contributed by atoms with Crippen LogP contribution < -0.4 is 0 Å². The first-order chi connectivity index (χ1) is 7.70. The van der Waals surface area contributed by atoms with Gasteiger partial charge in [0.25, 0.3) is 0 Å². The summed E-state index contributed by atoms with van der Waals surface area (Å²) < 4.78 is 0.748. The Morgan fingerprint density at radius 1 is 1.56 bits per heavy atom. The van der Waals surface area contributed by atoms with E-state index in [-0.39, 0.29) is 9.92 Å². The maximum absolute atomic E-state index is 10.7. The highest BCUT2D eigenvalue weighted by molar-refractivity contribution is 8.01. The van der Waals surface area contributed by atoms with Crippen molar-refractivity contribution in [3.63, 3.8) is 0 Å². The van der Waals surface area contributed by atoms with E-state index < -0.39 is 0 Å². The van der Waals surface area contributed by atoms with Crippen molar-refractivity contribution in [1.29, 1.82) is 0 Å². The fraction of sp³-hybridized carbons (Fsp3) is 0.250. The standard InChI is InChI=1S/C8H7N3O2S3/c1-2-6-9-10-8(16-6)15-5-3-4-14-7(5)11(12)13/h3-4H,2H2,1H3. The third kappa shape index (κ3) is 2.39. The highest BCUT2D eigenvalue weighted by Gasteiger charge is 2.18. The molecule has 0 saturated carbocycles. The van der Waals surface area contributed by atoms with Gasteiger partial charge in [-0.3, -0.25) is 10.1 Å². The van der Waals surface area contributed by atoms with E-state index in [2.05, 4.69) is 10.2 Å². The van der Waals surface area contributed by atoms with E-state index in [0.717, 1.165) is 27.1 Å². The number of nitro groups is 1. The summed E-state index contributed by atoms with van der Waals surface area (Å²) in [6, 6.07) is 1.74. The van der Waals surface area contributed by atoms with Gasteiger partial charge >= 0.3 is 5.00 Å². The maximum atomic E-state index is 10.7. The molecule has 0 aliphatic heterocycles. The Hall–Kier alpha value is -0.990. The minimum atomic E-state index is -0.366. The quantitative estimate of drug-likeness (QED) is 0.632. The van der Waals surface area contributed by atoms with Crippen LogP contribution >= 0.6 is 34.4 Å². The Morgan fingerprint density at radius 2 is 2.38 bits per heavy atom. The van der Waals surface area contributed by atoms with Crippen LogP contribution in [0.3, 0.4) is 0 Å². The molecule has 16 heavy (non-hydrogen) atoms. The average Bonchev–Trinajstić information content (AvgIpc) is 2.87. The van der Waals surface area contributed by atoms with Crippen molar-refractivity contribution in [2.45, 2.75) is 22.6 Å². The smallest absolute Gasteiger partial charge is 0.258 e. The second-order valence-corrected chi connectivity index (χ2v) is 6.01. The summed E-state index contributed by atoms with van der Waals surface area (Å²) in [7, 11) is 0. The lowest BCUT2D eigenvalue weighted by atomic mass is 10.5. The molecule has 2 rings (SSSR count). The van der Waals surface area contributed by atoms with Gasteiger partial charge in [-0.2, -0.15) is 0 Å². The van der Waals surface area contributed by atoms with Gasteiger partial charge in [-0.1, -0.05) is 29.6 Å². The first-order valence-electron chi connectivity index (χ1n) is 4.42. The van der Waals surface area contributed by atoms with E-state index in [1.54, 1.807) is 11.4 Å². The van der Waals surface area contributed by atoms with Crippen LogP contribution in [0, 0.1) is 10.1 Å². The van der Waals surface area contributed by atoms with Crippen LogP contribution in [0.25, 0.3) is 0 Å². The number of nitrogens with zero attached hydrogens (tertiary/aromatic N) is 3. The maximum Gasteiger partial charge on any atom is 0.338 e. The zero-order valence-corrected chi connectivity index (χ0v) is 10.7. The molecule has 0 saturated heterocycles. The van der Waals surface area contributed by atoms with Gasteiger partial charge in [-0.15, -0.1) is 10.2 Å². The predicted octanol–water partition coefficient (Wildman–Crippen LogP) is 3.22. The van der Waals surface area contributed by atoms with Crippen LogP contribution in [0.15, 0.2) is 20.7 Å². The van der Waals surface area contributed by atoms with Crippen LogP contribution in [0.2, 0.25) is 0 Å². The highest BCUT2D eigenvalue weighted by atomic mass is 32.2. The van der Waals surface area contributed by atoms with Gasteiger partial charge in [0.05, 0.1) is 4.92 Å². The van der Waals surface area contributed by atoms with Crippen molar-refractivity contribution in [3.8, 4) is 0 Å². The van der Waals surface area contributed by atoms with E-state index >= 15 is 0 Å². The molecule has 0 bridgehead atoms. The van der Waals surface area contributed by atoms with Crippen LogP contribution in [0.1, 0.15) is 11.9 Å². The number of thiophene rings is 1. The van der Waals surface area contributed by atoms with Crippen LogP contribution in [0.5, 0.6) is 0 Å². The van der Waals surface area contributed by atoms with Crippen molar-refractivity contribution in [1.82, 2.24) is 10.2 Å². The normalized spacial score (nSPS) is 10.6. The summed E-state index contributed by atoms with van der Waals surface area (Å²) in [5.74, 6) is 0. The molecule has 2 heterocycles. The molecule has 0 spiro atoms. The van der Waals surface area contributed by atoms with Gasteiger partial charge in [0.1, 0.15) is 9.90 Å². The zero-order valence-electron chi connectivity index (χ0n) is 8.24. The second-order valence-electron chi connectivity index (χ2n) is 2.76. The third-order valence-corrected chi connectivity index (χ3v) is 4.89. The molecule has 2 aromatic rings. The van der Waals surface area contributed by atoms with Crippen molar-refractivity contribution in [3.05, 3.63) is 26.6 Å². The highest BCUT2D eigenvalue weighted by Crippen LogP contribution is 2.39. The Kier molecular flexibility index (Phi) is 3.52. The molecular weight excluding hydrogens is 266 g/mol. The lowest BCUT2D eigenvalue weighted by Crippen LogP contribution is -1.84. The van der Waals surface area contributed by atoms with E-state index in [1.165, 1.54) is 23.1 Å². The minimum Gasteiger partial charge on any atom is -0.258 e. The molecule has 84 valence electrons. The molecule has 0 unspecified atom stereocenters. The summed E-state index contributed by atoms with van der Waals surface area (Å²) in [5.41, 5.74) is 0. The zero-order chi connectivity index (χ0) is 11.5. The Morgan fingerprint density at radius 3 is 3.00 bits per heavy atom. The fourth-order valence-electron chi connectivity index (χ4n) is 1.02.